The first kappa shape index (κ1) is 14.5. The molecule has 0 bridgehead atoms. The van der Waals surface area contributed by atoms with Crippen LogP contribution in [0.4, 0.5) is 5.69 Å². The molecule has 1 N–H and O–H groups in total. The van der Waals surface area contributed by atoms with E-state index in [2.05, 4.69) is 10.2 Å². The fourth-order valence-electron chi connectivity index (χ4n) is 1.71. The van der Waals surface area contributed by atoms with Gasteiger partial charge in [0.25, 0.3) is 5.91 Å². The number of carbonyl (C=O) groups is 1. The Morgan fingerprint density at radius 2 is 1.89 bits per heavy atom. The molecule has 1 rings (SSSR count). The van der Waals surface area contributed by atoms with Gasteiger partial charge in [0.15, 0.2) is 0 Å². The summed E-state index contributed by atoms with van der Waals surface area (Å²) < 4.78 is 0. The van der Waals surface area contributed by atoms with Crippen molar-refractivity contribution in [2.45, 2.75) is 6.92 Å². The molecule has 0 saturated carbocycles. The van der Waals surface area contributed by atoms with Crippen molar-refractivity contribution in [2.75, 3.05) is 46.6 Å². The molecule has 0 aliphatic heterocycles. The molecule has 0 saturated heterocycles. The van der Waals surface area contributed by atoms with E-state index in [9.17, 15) is 4.79 Å². The Bertz CT molecular complexity index is 416. The molecule has 0 aliphatic rings. The van der Waals surface area contributed by atoms with Crippen LogP contribution >= 0.6 is 0 Å². The normalized spacial score (nSPS) is 10.6. The molecule has 1 aromatic rings. The van der Waals surface area contributed by atoms with Gasteiger partial charge in [-0.2, -0.15) is 0 Å². The first-order chi connectivity index (χ1) is 8.45. The van der Waals surface area contributed by atoms with Gasteiger partial charge in [0.2, 0.25) is 0 Å². The summed E-state index contributed by atoms with van der Waals surface area (Å²) in [6, 6.07) is 5.88. The van der Waals surface area contributed by atoms with Gasteiger partial charge in [0, 0.05) is 32.9 Å². The Kier molecular flexibility index (Phi) is 5.16. The lowest BCUT2D eigenvalue weighted by molar-refractivity contribution is 0.0787. The average Bonchev–Trinajstić information content (AvgIpc) is 2.34. The van der Waals surface area contributed by atoms with Crippen LogP contribution < -0.4 is 5.32 Å². The van der Waals surface area contributed by atoms with Crippen molar-refractivity contribution >= 4 is 11.6 Å². The smallest absolute Gasteiger partial charge is 0.255 e. The monoisotopic (exact) mass is 249 g/mol. The van der Waals surface area contributed by atoms with Crippen LogP contribution in [0, 0.1) is 6.92 Å². The van der Waals surface area contributed by atoms with E-state index in [0.29, 0.717) is 0 Å². The van der Waals surface area contributed by atoms with E-state index in [1.165, 1.54) is 0 Å². The molecule has 0 aliphatic carbocycles. The third-order valence-electron chi connectivity index (χ3n) is 2.90. The van der Waals surface area contributed by atoms with Crippen LogP contribution in [-0.4, -0.2) is 57.0 Å². The third kappa shape index (κ3) is 3.74. The highest BCUT2D eigenvalue weighted by atomic mass is 16.2. The van der Waals surface area contributed by atoms with E-state index >= 15 is 0 Å². The first-order valence-corrected chi connectivity index (χ1v) is 6.14. The highest BCUT2D eigenvalue weighted by Crippen LogP contribution is 2.18. The molecule has 0 heterocycles. The third-order valence-corrected chi connectivity index (χ3v) is 2.90. The molecule has 1 amide bonds. The Morgan fingerprint density at radius 3 is 2.44 bits per heavy atom. The van der Waals surface area contributed by atoms with E-state index in [1.54, 1.807) is 4.90 Å². The zero-order valence-electron chi connectivity index (χ0n) is 11.9. The molecule has 100 valence electrons. The van der Waals surface area contributed by atoms with Crippen molar-refractivity contribution in [1.29, 1.82) is 0 Å². The fourth-order valence-corrected chi connectivity index (χ4v) is 1.71. The summed E-state index contributed by atoms with van der Waals surface area (Å²) >= 11 is 0. The lowest BCUT2D eigenvalue weighted by Gasteiger charge is -2.21. The fraction of sp³-hybridized carbons (Fsp3) is 0.500. The van der Waals surface area contributed by atoms with E-state index in [-0.39, 0.29) is 5.91 Å². The van der Waals surface area contributed by atoms with Gasteiger partial charge in [0.1, 0.15) is 0 Å². The minimum atomic E-state index is 0.0601. The van der Waals surface area contributed by atoms with Crippen LogP contribution in [0.15, 0.2) is 18.2 Å². The van der Waals surface area contributed by atoms with E-state index in [4.69, 9.17) is 0 Å². The summed E-state index contributed by atoms with van der Waals surface area (Å²) in [6.45, 7) is 3.59. The van der Waals surface area contributed by atoms with Gasteiger partial charge in [-0.25, -0.2) is 0 Å². The number of anilines is 1. The predicted octanol–water partition coefficient (Wildman–Crippen LogP) is 1.67. The van der Waals surface area contributed by atoms with Crippen molar-refractivity contribution in [3.05, 3.63) is 29.3 Å². The summed E-state index contributed by atoms with van der Waals surface area (Å²) in [5, 5.41) is 3.07. The van der Waals surface area contributed by atoms with Gasteiger partial charge in [-0.3, -0.25) is 4.79 Å². The molecule has 0 aromatic heterocycles. The predicted molar refractivity (Wildman–Crippen MR) is 76.2 cm³/mol. The Hall–Kier alpha value is -1.55. The molecule has 0 fully saturated rings. The first-order valence-electron chi connectivity index (χ1n) is 6.14. The number of amides is 1. The maximum absolute atomic E-state index is 12.4. The van der Waals surface area contributed by atoms with Crippen LogP contribution in [0.2, 0.25) is 0 Å². The van der Waals surface area contributed by atoms with Crippen molar-refractivity contribution in [3.8, 4) is 0 Å². The summed E-state index contributed by atoms with van der Waals surface area (Å²) in [6.07, 6.45) is 0. The molecule has 1 aromatic carbocycles. The van der Waals surface area contributed by atoms with Gasteiger partial charge in [-0.05, 0) is 33.2 Å². The van der Waals surface area contributed by atoms with Gasteiger partial charge >= 0.3 is 0 Å². The number of aryl methyl sites for hydroxylation is 1. The van der Waals surface area contributed by atoms with Gasteiger partial charge in [0.05, 0.1) is 5.56 Å². The zero-order valence-corrected chi connectivity index (χ0v) is 11.9. The lowest BCUT2D eigenvalue weighted by atomic mass is 10.1. The van der Waals surface area contributed by atoms with E-state index in [0.717, 1.165) is 29.9 Å². The molecule has 0 radical (unpaired) electrons. The number of carbonyl (C=O) groups excluding carboxylic acids is 1. The van der Waals surface area contributed by atoms with Gasteiger partial charge in [-0.15, -0.1) is 0 Å². The number of hydrogen-bond acceptors (Lipinski definition) is 3. The molecule has 18 heavy (non-hydrogen) atoms. The zero-order chi connectivity index (χ0) is 13.7. The number of rotatable bonds is 5. The van der Waals surface area contributed by atoms with Crippen molar-refractivity contribution in [1.82, 2.24) is 9.80 Å². The summed E-state index contributed by atoms with van der Waals surface area (Å²) in [5.41, 5.74) is 2.71. The maximum Gasteiger partial charge on any atom is 0.255 e. The second kappa shape index (κ2) is 6.40. The van der Waals surface area contributed by atoms with E-state index < -0.39 is 0 Å². The highest BCUT2D eigenvalue weighted by molar-refractivity contribution is 5.99. The minimum Gasteiger partial charge on any atom is -0.387 e. The minimum absolute atomic E-state index is 0.0601. The second-order valence-electron chi connectivity index (χ2n) is 4.83. The molecule has 4 heteroatoms. The van der Waals surface area contributed by atoms with Gasteiger partial charge < -0.3 is 15.1 Å². The SMILES string of the molecule is CNc1ccc(C)cc1C(=O)N(C)CCN(C)C. The topological polar surface area (TPSA) is 35.6 Å². The number of nitrogens with zero attached hydrogens (tertiary/aromatic N) is 2. The van der Waals surface area contributed by atoms with Crippen LogP contribution in [0.1, 0.15) is 15.9 Å². The number of benzene rings is 1. The number of likely N-dealkylation sites (N-methyl/N-ethyl adjacent to an activating group) is 2. The molecule has 0 unspecified atom stereocenters. The van der Waals surface area contributed by atoms with Crippen LogP contribution in [0.5, 0.6) is 0 Å². The molecule has 0 atom stereocenters. The molecule has 4 nitrogen and oxygen atoms in total. The van der Waals surface area contributed by atoms with Gasteiger partial charge in [-0.1, -0.05) is 11.6 Å². The quantitative estimate of drug-likeness (QED) is 0.862. The van der Waals surface area contributed by atoms with Crippen LogP contribution in [-0.2, 0) is 0 Å². The van der Waals surface area contributed by atoms with E-state index in [1.807, 2.05) is 53.3 Å². The average molecular weight is 249 g/mol. The largest absolute Gasteiger partial charge is 0.387 e. The summed E-state index contributed by atoms with van der Waals surface area (Å²) in [5.74, 6) is 0.0601. The van der Waals surface area contributed by atoms with Crippen molar-refractivity contribution in [2.24, 2.45) is 0 Å². The van der Waals surface area contributed by atoms with Crippen molar-refractivity contribution < 1.29 is 4.79 Å². The summed E-state index contributed by atoms with van der Waals surface area (Å²) in [7, 11) is 7.68. The Labute approximate surface area is 110 Å². The number of nitrogens with one attached hydrogen (secondary N) is 1. The molecule has 0 spiro atoms. The molecular weight excluding hydrogens is 226 g/mol. The Balaban J connectivity index is 2.85. The van der Waals surface area contributed by atoms with Crippen LogP contribution in [0.25, 0.3) is 0 Å². The highest BCUT2D eigenvalue weighted by Gasteiger charge is 2.15. The Morgan fingerprint density at radius 1 is 1.22 bits per heavy atom. The second-order valence-corrected chi connectivity index (χ2v) is 4.83. The van der Waals surface area contributed by atoms with Crippen molar-refractivity contribution in [3.63, 3.8) is 0 Å². The number of hydrogen-bond donors (Lipinski definition) is 1. The standard InChI is InChI=1S/C14H23N3O/c1-11-6-7-13(15-2)12(10-11)14(18)17(5)9-8-16(3)4/h6-7,10,15H,8-9H2,1-5H3. The maximum atomic E-state index is 12.4. The molecular formula is C14H23N3O. The lowest BCUT2D eigenvalue weighted by Crippen LogP contribution is -2.33. The summed E-state index contributed by atoms with van der Waals surface area (Å²) in [4.78, 5) is 16.2. The van der Waals surface area contributed by atoms with Crippen LogP contribution in [0.3, 0.4) is 0 Å².